The van der Waals surface area contributed by atoms with E-state index in [1.54, 1.807) is 0 Å². The number of aliphatic imine (C=N–C) groups is 1. The lowest BCUT2D eigenvalue weighted by Crippen LogP contribution is -2.34. The van der Waals surface area contributed by atoms with E-state index < -0.39 is 0 Å². The van der Waals surface area contributed by atoms with Gasteiger partial charge in [0.1, 0.15) is 12.2 Å². The molecule has 0 N–H and O–H groups in total. The van der Waals surface area contributed by atoms with Crippen LogP contribution in [0.2, 0.25) is 0 Å². The lowest BCUT2D eigenvalue weighted by Gasteiger charge is -2.14. The van der Waals surface area contributed by atoms with Crippen LogP contribution in [0.15, 0.2) is 35.3 Å². The number of epoxide rings is 1. The molecular weight excluding hydrogens is 238 g/mol. The summed E-state index contributed by atoms with van der Waals surface area (Å²) in [6.07, 6.45) is 0.815. The molecule has 1 aromatic carbocycles. The van der Waals surface area contributed by atoms with Crippen LogP contribution >= 0.6 is 0 Å². The third kappa shape index (κ3) is 2.06. The molecule has 3 rings (SSSR count). The third-order valence-electron chi connectivity index (χ3n) is 3.97. The van der Waals surface area contributed by atoms with E-state index in [9.17, 15) is 0 Å². The summed E-state index contributed by atoms with van der Waals surface area (Å²) >= 11 is 0. The molecular formula is C16H21NO2. The Bertz CT molecular complexity index is 519. The van der Waals surface area contributed by atoms with Crippen LogP contribution in [0.3, 0.4) is 0 Å². The number of nitrogens with zero attached hydrogens (tertiary/aromatic N) is 1. The number of ether oxygens (including phenoxy) is 2. The second kappa shape index (κ2) is 3.83. The summed E-state index contributed by atoms with van der Waals surface area (Å²) in [5.74, 6) is 0.770. The van der Waals surface area contributed by atoms with E-state index in [-0.39, 0.29) is 16.7 Å². The van der Waals surface area contributed by atoms with Gasteiger partial charge in [0.05, 0.1) is 5.54 Å². The van der Waals surface area contributed by atoms with Crippen molar-refractivity contribution in [2.75, 3.05) is 6.61 Å². The predicted molar refractivity (Wildman–Crippen MR) is 75.5 cm³/mol. The van der Waals surface area contributed by atoms with Gasteiger partial charge in [-0.1, -0.05) is 30.3 Å². The molecule has 0 saturated carbocycles. The van der Waals surface area contributed by atoms with E-state index in [2.05, 4.69) is 52.0 Å². The molecule has 0 spiro atoms. The van der Waals surface area contributed by atoms with Crippen LogP contribution in [0.1, 0.15) is 33.3 Å². The monoisotopic (exact) mass is 259 g/mol. The molecule has 2 heterocycles. The third-order valence-corrected chi connectivity index (χ3v) is 3.97. The summed E-state index contributed by atoms with van der Waals surface area (Å²) in [5.41, 5.74) is 0.523. The Hall–Kier alpha value is -1.35. The minimum absolute atomic E-state index is 0.138. The minimum Gasteiger partial charge on any atom is -0.476 e. The minimum atomic E-state index is -0.387. The van der Waals surface area contributed by atoms with Crippen LogP contribution in [0.4, 0.5) is 0 Å². The van der Waals surface area contributed by atoms with Crippen molar-refractivity contribution in [1.82, 2.24) is 0 Å². The van der Waals surface area contributed by atoms with Crippen molar-refractivity contribution in [3.05, 3.63) is 35.9 Å². The molecule has 102 valence electrons. The number of hydrogen-bond donors (Lipinski definition) is 0. The first-order valence-corrected chi connectivity index (χ1v) is 6.82. The average Bonchev–Trinajstić information content (AvgIpc) is 2.69. The van der Waals surface area contributed by atoms with E-state index in [4.69, 9.17) is 14.5 Å². The zero-order chi connectivity index (χ0) is 13.7. The Labute approximate surface area is 114 Å². The van der Waals surface area contributed by atoms with Gasteiger partial charge in [-0.15, -0.1) is 0 Å². The topological polar surface area (TPSA) is 34.1 Å². The van der Waals surface area contributed by atoms with Crippen molar-refractivity contribution >= 4 is 5.90 Å². The summed E-state index contributed by atoms with van der Waals surface area (Å²) < 4.78 is 11.8. The average molecular weight is 259 g/mol. The first kappa shape index (κ1) is 12.7. The Morgan fingerprint density at radius 2 is 1.74 bits per heavy atom. The van der Waals surface area contributed by atoms with Crippen LogP contribution in [-0.4, -0.2) is 29.2 Å². The molecule has 1 saturated heterocycles. The molecule has 3 heteroatoms. The lowest BCUT2D eigenvalue weighted by molar-refractivity contribution is 0.243. The predicted octanol–water partition coefficient (Wildman–Crippen LogP) is 2.98. The molecule has 2 aliphatic heterocycles. The highest BCUT2D eigenvalue weighted by Crippen LogP contribution is 2.52. The maximum absolute atomic E-state index is 6.02. The van der Waals surface area contributed by atoms with Gasteiger partial charge in [-0.2, -0.15) is 0 Å². The van der Waals surface area contributed by atoms with E-state index >= 15 is 0 Å². The Morgan fingerprint density at radius 3 is 2.21 bits per heavy atom. The summed E-state index contributed by atoms with van der Waals surface area (Å²) in [6.45, 7) is 9.02. The van der Waals surface area contributed by atoms with Gasteiger partial charge in [0.15, 0.2) is 5.60 Å². The van der Waals surface area contributed by atoms with E-state index in [1.165, 1.54) is 5.56 Å². The Kier molecular flexibility index (Phi) is 2.55. The van der Waals surface area contributed by atoms with Gasteiger partial charge in [0.25, 0.3) is 0 Å². The number of rotatable bonds is 3. The Morgan fingerprint density at radius 1 is 1.11 bits per heavy atom. The van der Waals surface area contributed by atoms with Crippen molar-refractivity contribution in [1.29, 1.82) is 0 Å². The summed E-state index contributed by atoms with van der Waals surface area (Å²) in [7, 11) is 0. The molecule has 19 heavy (non-hydrogen) atoms. The lowest BCUT2D eigenvalue weighted by atomic mass is 9.89. The van der Waals surface area contributed by atoms with Crippen molar-refractivity contribution in [3.63, 3.8) is 0 Å². The molecule has 0 aliphatic carbocycles. The van der Waals surface area contributed by atoms with Crippen LogP contribution in [0.5, 0.6) is 0 Å². The van der Waals surface area contributed by atoms with Crippen LogP contribution in [0, 0.1) is 0 Å². The molecule has 0 amide bonds. The summed E-state index contributed by atoms with van der Waals surface area (Å²) in [4.78, 5) is 4.72. The van der Waals surface area contributed by atoms with Gasteiger partial charge in [0, 0.05) is 6.42 Å². The quantitative estimate of drug-likeness (QED) is 0.782. The molecule has 1 fully saturated rings. The second-order valence-corrected chi connectivity index (χ2v) is 6.62. The standard InChI is InChI=1S/C16H21NO2/c1-14(2)11-18-13(17-14)16(15(3,4)19-16)10-12-8-6-5-7-9-12/h5-9H,10-11H2,1-4H3. The fraction of sp³-hybridized carbons (Fsp3) is 0.562. The van der Waals surface area contributed by atoms with Crippen molar-refractivity contribution in [3.8, 4) is 0 Å². The number of hydrogen-bond acceptors (Lipinski definition) is 3. The highest BCUT2D eigenvalue weighted by Gasteiger charge is 2.69. The molecule has 0 bridgehead atoms. The van der Waals surface area contributed by atoms with Gasteiger partial charge >= 0.3 is 0 Å². The van der Waals surface area contributed by atoms with Gasteiger partial charge in [-0.3, -0.25) is 0 Å². The molecule has 1 atom stereocenters. The fourth-order valence-corrected chi connectivity index (χ4v) is 2.71. The zero-order valence-corrected chi connectivity index (χ0v) is 12.1. The maximum Gasteiger partial charge on any atom is 0.220 e. The van der Waals surface area contributed by atoms with Gasteiger partial charge in [-0.05, 0) is 33.3 Å². The smallest absolute Gasteiger partial charge is 0.220 e. The van der Waals surface area contributed by atoms with E-state index in [0.717, 1.165) is 12.3 Å². The first-order valence-electron chi connectivity index (χ1n) is 6.82. The molecule has 0 radical (unpaired) electrons. The molecule has 1 unspecified atom stereocenters. The molecule has 2 aliphatic rings. The van der Waals surface area contributed by atoms with Crippen molar-refractivity contribution < 1.29 is 9.47 Å². The van der Waals surface area contributed by atoms with Crippen LogP contribution < -0.4 is 0 Å². The summed E-state index contributed by atoms with van der Waals surface area (Å²) in [6, 6.07) is 10.4. The highest BCUT2D eigenvalue weighted by atomic mass is 16.7. The van der Waals surface area contributed by atoms with Crippen LogP contribution in [0.25, 0.3) is 0 Å². The van der Waals surface area contributed by atoms with Gasteiger partial charge in [0.2, 0.25) is 5.90 Å². The van der Waals surface area contributed by atoms with Crippen molar-refractivity contribution in [2.45, 2.75) is 50.9 Å². The van der Waals surface area contributed by atoms with Gasteiger partial charge in [-0.25, -0.2) is 4.99 Å². The molecule has 3 nitrogen and oxygen atoms in total. The second-order valence-electron chi connectivity index (χ2n) is 6.62. The van der Waals surface area contributed by atoms with E-state index in [1.807, 2.05) is 6.07 Å². The number of benzene rings is 1. The van der Waals surface area contributed by atoms with Crippen molar-refractivity contribution in [2.24, 2.45) is 4.99 Å². The molecule has 0 aromatic heterocycles. The normalized spacial score (nSPS) is 30.6. The molecule has 1 aromatic rings. The van der Waals surface area contributed by atoms with Crippen LogP contribution in [-0.2, 0) is 15.9 Å². The fourth-order valence-electron chi connectivity index (χ4n) is 2.71. The first-order chi connectivity index (χ1) is 8.85. The maximum atomic E-state index is 6.02. The zero-order valence-electron chi connectivity index (χ0n) is 12.1. The summed E-state index contributed by atoms with van der Waals surface area (Å²) in [5, 5.41) is 0. The van der Waals surface area contributed by atoms with Gasteiger partial charge < -0.3 is 9.47 Å². The largest absolute Gasteiger partial charge is 0.476 e. The highest BCUT2D eigenvalue weighted by molar-refractivity contribution is 5.91. The SMILES string of the molecule is CC1(C)COC(C2(Cc3ccccc3)OC2(C)C)=N1. The van der Waals surface area contributed by atoms with E-state index in [0.29, 0.717) is 6.61 Å². The Balaban J connectivity index is 1.91.